The normalized spacial score (nSPS) is 25.4. The maximum atomic E-state index is 5.95. The fraction of sp³-hybridized carbons (Fsp3) is 0.200. The third-order valence-electron chi connectivity index (χ3n) is 1.92. The Kier molecular flexibility index (Phi) is 1.74. The highest BCUT2D eigenvalue weighted by Gasteiger charge is 2.11. The predicted octanol–water partition coefficient (Wildman–Crippen LogP) is -0.598. The van der Waals surface area contributed by atoms with Gasteiger partial charge in [-0.3, -0.25) is 9.98 Å². The first kappa shape index (κ1) is 8.13. The summed E-state index contributed by atoms with van der Waals surface area (Å²) in [5.41, 5.74) is 5.48. The maximum absolute atomic E-state index is 5.95. The Hall–Kier alpha value is -1.48. The van der Waals surface area contributed by atoms with Crippen molar-refractivity contribution < 1.29 is 0 Å². The van der Waals surface area contributed by atoms with Crippen LogP contribution >= 0.6 is 0 Å². The number of hydrogen-bond acceptors (Lipinski definition) is 3. The van der Waals surface area contributed by atoms with E-state index in [0.29, 0.717) is 0 Å². The number of pyridine rings is 1. The highest BCUT2D eigenvalue weighted by atomic mass is 14.8. The molecule has 0 amide bonds. The molecule has 0 bridgehead atoms. The zero-order valence-corrected chi connectivity index (χ0v) is 7.44. The fourth-order valence-corrected chi connectivity index (χ4v) is 1.31. The van der Waals surface area contributed by atoms with Crippen molar-refractivity contribution in [1.29, 1.82) is 0 Å². The molecular formula is C10H11N3. The molecular weight excluding hydrogens is 162 g/mol. The Morgan fingerprint density at radius 3 is 3.08 bits per heavy atom. The van der Waals surface area contributed by atoms with Crippen molar-refractivity contribution >= 4 is 18.5 Å². The Labute approximate surface area is 76.3 Å². The predicted molar refractivity (Wildman–Crippen MR) is 53.5 cm³/mol. The van der Waals surface area contributed by atoms with Crippen LogP contribution in [0.1, 0.15) is 6.92 Å². The number of nitrogens with two attached hydrogens (primary N) is 1. The monoisotopic (exact) mass is 173 g/mol. The molecule has 1 aromatic heterocycles. The maximum Gasteiger partial charge on any atom is 0.0679 e. The van der Waals surface area contributed by atoms with Crippen molar-refractivity contribution in [1.82, 2.24) is 4.98 Å². The Balaban J connectivity index is 2.77. The van der Waals surface area contributed by atoms with Crippen molar-refractivity contribution in [2.24, 2.45) is 10.7 Å². The Morgan fingerprint density at radius 2 is 2.23 bits per heavy atom. The van der Waals surface area contributed by atoms with Crippen LogP contribution in [0.3, 0.4) is 0 Å². The minimum absolute atomic E-state index is 0.469. The number of aliphatic imine (C=N–C) groups is 1. The molecule has 1 unspecified atom stereocenters. The number of hydrogen-bond donors (Lipinski definition) is 1. The molecule has 1 aliphatic rings. The molecule has 0 spiro atoms. The van der Waals surface area contributed by atoms with E-state index >= 15 is 0 Å². The topological polar surface area (TPSA) is 51.3 Å². The van der Waals surface area contributed by atoms with E-state index in [1.54, 1.807) is 24.8 Å². The van der Waals surface area contributed by atoms with Gasteiger partial charge in [-0.25, -0.2) is 0 Å². The summed E-state index contributed by atoms with van der Waals surface area (Å²) in [6.07, 6.45) is 9.02. The summed E-state index contributed by atoms with van der Waals surface area (Å²) < 4.78 is 0. The molecule has 0 radical (unpaired) electrons. The van der Waals surface area contributed by atoms with E-state index in [1.807, 2.05) is 19.1 Å². The lowest BCUT2D eigenvalue weighted by Gasteiger charge is -2.11. The lowest BCUT2D eigenvalue weighted by atomic mass is 10.0. The molecule has 3 heteroatoms. The molecule has 0 saturated heterocycles. The summed E-state index contributed by atoms with van der Waals surface area (Å²) in [6.45, 7) is 1.92. The molecule has 0 aromatic carbocycles. The molecule has 1 atom stereocenters. The van der Waals surface area contributed by atoms with Crippen LogP contribution in [0, 0.1) is 0 Å². The summed E-state index contributed by atoms with van der Waals surface area (Å²) in [4.78, 5) is 8.14. The number of rotatable bonds is 0. The fourth-order valence-electron chi connectivity index (χ4n) is 1.31. The van der Waals surface area contributed by atoms with E-state index in [2.05, 4.69) is 9.98 Å². The summed E-state index contributed by atoms with van der Waals surface area (Å²) in [7, 11) is 0. The zero-order chi connectivity index (χ0) is 9.31. The van der Waals surface area contributed by atoms with Gasteiger partial charge in [-0.1, -0.05) is 6.08 Å². The van der Waals surface area contributed by atoms with E-state index in [-0.39, 0.29) is 0 Å². The molecule has 0 saturated carbocycles. The highest BCUT2D eigenvalue weighted by Crippen LogP contribution is 1.97. The van der Waals surface area contributed by atoms with Gasteiger partial charge in [0.2, 0.25) is 0 Å². The first-order valence-corrected chi connectivity index (χ1v) is 4.14. The molecule has 2 heterocycles. The van der Waals surface area contributed by atoms with E-state index in [0.717, 1.165) is 10.4 Å². The average molecular weight is 173 g/mol. The second-order valence-electron chi connectivity index (χ2n) is 3.42. The highest BCUT2D eigenvalue weighted by molar-refractivity contribution is 5.81. The van der Waals surface area contributed by atoms with Crippen LogP contribution in [0.15, 0.2) is 23.5 Å². The number of aromatic nitrogens is 1. The quantitative estimate of drug-likeness (QED) is 0.569. The van der Waals surface area contributed by atoms with E-state index in [4.69, 9.17) is 5.73 Å². The minimum Gasteiger partial charge on any atom is -0.318 e. The molecule has 0 fully saturated rings. The lowest BCUT2D eigenvalue weighted by Crippen LogP contribution is -2.38. The summed E-state index contributed by atoms with van der Waals surface area (Å²) >= 11 is 0. The Bertz CT molecular complexity index is 457. The smallest absolute Gasteiger partial charge is 0.0679 e. The minimum atomic E-state index is -0.469. The second-order valence-corrected chi connectivity index (χ2v) is 3.42. The van der Waals surface area contributed by atoms with Crippen molar-refractivity contribution in [2.45, 2.75) is 12.5 Å². The van der Waals surface area contributed by atoms with Gasteiger partial charge >= 0.3 is 0 Å². The van der Waals surface area contributed by atoms with Gasteiger partial charge in [0.25, 0.3) is 0 Å². The van der Waals surface area contributed by atoms with Gasteiger partial charge in [0.1, 0.15) is 0 Å². The van der Waals surface area contributed by atoms with E-state index in [1.165, 1.54) is 0 Å². The van der Waals surface area contributed by atoms with Gasteiger partial charge in [-0.05, 0) is 18.2 Å². The standard InChI is InChI=1S/C10H11N3/c1-10(11)4-8-2-3-12-5-9(8)6-13-7-10/h2-7H,11H2,1H3. The van der Waals surface area contributed by atoms with Crippen LogP contribution < -0.4 is 16.2 Å². The number of nitrogens with zero attached hydrogens (tertiary/aromatic N) is 2. The van der Waals surface area contributed by atoms with Gasteiger partial charge < -0.3 is 5.73 Å². The SMILES string of the molecule is CC1(N)C=NC=c2cnccc2=C1. The average Bonchev–Trinajstić information content (AvgIpc) is 2.21. The second kappa shape index (κ2) is 2.78. The largest absolute Gasteiger partial charge is 0.318 e. The summed E-state index contributed by atoms with van der Waals surface area (Å²) in [6, 6.07) is 1.94. The van der Waals surface area contributed by atoms with Gasteiger partial charge in [0.05, 0.1) is 5.54 Å². The molecule has 3 nitrogen and oxygen atoms in total. The number of fused-ring (bicyclic) bond motifs is 1. The van der Waals surface area contributed by atoms with Gasteiger partial charge in [-0.15, -0.1) is 0 Å². The Morgan fingerprint density at radius 1 is 1.38 bits per heavy atom. The van der Waals surface area contributed by atoms with Gasteiger partial charge in [0, 0.05) is 30.0 Å². The van der Waals surface area contributed by atoms with E-state index in [9.17, 15) is 0 Å². The van der Waals surface area contributed by atoms with Crippen molar-refractivity contribution in [2.75, 3.05) is 0 Å². The van der Waals surface area contributed by atoms with Crippen LogP contribution in [-0.4, -0.2) is 16.7 Å². The van der Waals surface area contributed by atoms with Crippen LogP contribution in [0.5, 0.6) is 0 Å². The van der Waals surface area contributed by atoms with Crippen LogP contribution in [0.4, 0.5) is 0 Å². The first-order valence-electron chi connectivity index (χ1n) is 4.14. The van der Waals surface area contributed by atoms with Crippen LogP contribution in [0.2, 0.25) is 0 Å². The van der Waals surface area contributed by atoms with Gasteiger partial charge in [0.15, 0.2) is 0 Å². The lowest BCUT2D eigenvalue weighted by molar-refractivity contribution is 0.845. The van der Waals surface area contributed by atoms with Crippen LogP contribution in [-0.2, 0) is 0 Å². The molecule has 66 valence electrons. The molecule has 1 aliphatic heterocycles. The van der Waals surface area contributed by atoms with Crippen LogP contribution in [0.25, 0.3) is 12.3 Å². The van der Waals surface area contributed by atoms with E-state index < -0.39 is 5.54 Å². The molecule has 1 aromatic rings. The third-order valence-corrected chi connectivity index (χ3v) is 1.92. The first-order chi connectivity index (χ1) is 6.17. The zero-order valence-electron chi connectivity index (χ0n) is 7.44. The molecule has 2 N–H and O–H groups in total. The molecule has 2 rings (SSSR count). The van der Waals surface area contributed by atoms with Crippen molar-refractivity contribution in [3.63, 3.8) is 0 Å². The molecule has 0 aliphatic carbocycles. The van der Waals surface area contributed by atoms with Crippen molar-refractivity contribution in [3.05, 3.63) is 28.9 Å². The third kappa shape index (κ3) is 1.65. The van der Waals surface area contributed by atoms with Gasteiger partial charge in [-0.2, -0.15) is 0 Å². The molecule has 13 heavy (non-hydrogen) atoms. The van der Waals surface area contributed by atoms with Crippen molar-refractivity contribution in [3.8, 4) is 0 Å². The summed E-state index contributed by atoms with van der Waals surface area (Å²) in [5.74, 6) is 0. The summed E-state index contributed by atoms with van der Waals surface area (Å²) in [5, 5.41) is 2.09.